The van der Waals surface area contributed by atoms with Gasteiger partial charge in [0.05, 0.1) is 7.11 Å². The van der Waals surface area contributed by atoms with Gasteiger partial charge in [0.2, 0.25) is 0 Å². The molecular weight excluding hydrogens is 322 g/mol. The van der Waals surface area contributed by atoms with E-state index in [4.69, 9.17) is 10.5 Å². The molecule has 1 unspecified atom stereocenters. The van der Waals surface area contributed by atoms with Gasteiger partial charge in [0.15, 0.2) is 0 Å². The van der Waals surface area contributed by atoms with E-state index in [1.807, 2.05) is 18.2 Å². The van der Waals surface area contributed by atoms with Gasteiger partial charge in [0.1, 0.15) is 5.75 Å². The Morgan fingerprint density at radius 1 is 1.32 bits per heavy atom. The average Bonchev–Trinajstić information content (AvgIpc) is 2.84. The molecule has 2 aromatic rings. The minimum atomic E-state index is 0.446. The number of rotatable bonds is 6. The smallest absolute Gasteiger partial charge is 0.122 e. The monoisotopic (exact) mass is 339 g/mol. The molecule has 1 heterocycles. The van der Waals surface area contributed by atoms with E-state index in [9.17, 15) is 0 Å². The second-order valence-corrected chi connectivity index (χ2v) is 6.46. The predicted octanol–water partition coefficient (Wildman–Crippen LogP) is 3.88. The van der Waals surface area contributed by atoms with Crippen LogP contribution in [0.1, 0.15) is 10.4 Å². The van der Waals surface area contributed by atoms with Gasteiger partial charge in [-0.25, -0.2) is 0 Å². The lowest BCUT2D eigenvalue weighted by Gasteiger charge is -2.16. The van der Waals surface area contributed by atoms with Crippen molar-refractivity contribution in [2.45, 2.75) is 12.8 Å². The average molecular weight is 340 g/mol. The highest BCUT2D eigenvalue weighted by Gasteiger charge is 2.13. The molecule has 0 bridgehead atoms. The Balaban J connectivity index is 2.06. The summed E-state index contributed by atoms with van der Waals surface area (Å²) in [7, 11) is 1.71. The van der Waals surface area contributed by atoms with Crippen LogP contribution in [0.4, 0.5) is 0 Å². The van der Waals surface area contributed by atoms with Crippen LogP contribution in [-0.2, 0) is 12.8 Å². The summed E-state index contributed by atoms with van der Waals surface area (Å²) in [6, 6.07) is 10.3. The largest absolute Gasteiger partial charge is 0.496 e. The third kappa shape index (κ3) is 4.06. The summed E-state index contributed by atoms with van der Waals surface area (Å²) >= 11 is 5.27. The zero-order valence-electron chi connectivity index (χ0n) is 10.9. The fraction of sp³-hybridized carbons (Fsp3) is 0.333. The number of ether oxygens (including phenoxy) is 1. The maximum atomic E-state index is 5.92. The zero-order valence-corrected chi connectivity index (χ0v) is 13.3. The van der Waals surface area contributed by atoms with Gasteiger partial charge in [-0.05, 0) is 58.9 Å². The molecule has 1 aromatic heterocycles. The van der Waals surface area contributed by atoms with Gasteiger partial charge in [-0.2, -0.15) is 0 Å². The van der Waals surface area contributed by atoms with Crippen molar-refractivity contribution in [3.63, 3.8) is 0 Å². The molecule has 0 aliphatic carbocycles. The molecule has 1 aromatic carbocycles. The topological polar surface area (TPSA) is 35.2 Å². The lowest BCUT2D eigenvalue weighted by molar-refractivity contribution is 0.404. The van der Waals surface area contributed by atoms with Crippen molar-refractivity contribution >= 4 is 27.3 Å². The molecule has 4 heteroatoms. The van der Waals surface area contributed by atoms with Crippen molar-refractivity contribution in [3.8, 4) is 5.75 Å². The molecule has 2 nitrogen and oxygen atoms in total. The highest BCUT2D eigenvalue weighted by Crippen LogP contribution is 2.26. The second kappa shape index (κ2) is 7.08. The lowest BCUT2D eigenvalue weighted by Crippen LogP contribution is -2.19. The van der Waals surface area contributed by atoms with E-state index < -0.39 is 0 Å². The Kier molecular flexibility index (Phi) is 5.43. The van der Waals surface area contributed by atoms with Crippen LogP contribution in [0.25, 0.3) is 0 Å². The van der Waals surface area contributed by atoms with E-state index in [-0.39, 0.29) is 0 Å². The second-order valence-electron chi connectivity index (χ2n) is 4.55. The number of halogens is 1. The first-order valence-corrected chi connectivity index (χ1v) is 7.95. The molecule has 2 rings (SSSR count). The van der Waals surface area contributed by atoms with Crippen molar-refractivity contribution in [1.29, 1.82) is 0 Å². The molecule has 0 amide bonds. The van der Waals surface area contributed by atoms with Gasteiger partial charge in [0.25, 0.3) is 0 Å². The van der Waals surface area contributed by atoms with E-state index in [0.29, 0.717) is 12.5 Å². The highest BCUT2D eigenvalue weighted by molar-refractivity contribution is 9.10. The molecule has 0 aliphatic heterocycles. The van der Waals surface area contributed by atoms with Crippen LogP contribution in [0.15, 0.2) is 40.2 Å². The summed E-state index contributed by atoms with van der Waals surface area (Å²) < 4.78 is 6.55. The van der Waals surface area contributed by atoms with Gasteiger partial charge < -0.3 is 10.5 Å². The zero-order chi connectivity index (χ0) is 13.7. The summed E-state index contributed by atoms with van der Waals surface area (Å²) in [6.45, 7) is 0.688. The predicted molar refractivity (Wildman–Crippen MR) is 85.0 cm³/mol. The molecule has 0 aliphatic rings. The van der Waals surface area contributed by atoms with Crippen molar-refractivity contribution in [1.82, 2.24) is 0 Å². The van der Waals surface area contributed by atoms with Crippen molar-refractivity contribution in [2.75, 3.05) is 13.7 Å². The minimum Gasteiger partial charge on any atom is -0.496 e. The van der Waals surface area contributed by atoms with E-state index in [2.05, 4.69) is 33.4 Å². The third-order valence-corrected chi connectivity index (χ3v) is 4.87. The lowest BCUT2D eigenvalue weighted by atomic mass is 9.95. The standard InChI is InChI=1S/C15H18BrNOS/c1-18-15-5-3-2-4-12(15)6-11(9-17)7-14-8-13(16)10-19-14/h2-5,8,10-11H,6-7,9,17H2,1H3. The summed E-state index contributed by atoms with van der Waals surface area (Å²) in [4.78, 5) is 1.37. The van der Waals surface area contributed by atoms with Crippen LogP contribution < -0.4 is 10.5 Å². The molecule has 0 spiro atoms. The van der Waals surface area contributed by atoms with Crippen molar-refractivity contribution in [2.24, 2.45) is 11.7 Å². The van der Waals surface area contributed by atoms with Crippen LogP contribution in [0.5, 0.6) is 5.75 Å². The number of methoxy groups -OCH3 is 1. The molecule has 1 atom stereocenters. The highest BCUT2D eigenvalue weighted by atomic mass is 79.9. The molecule has 0 saturated carbocycles. The summed E-state index contributed by atoms with van der Waals surface area (Å²) in [5.41, 5.74) is 7.15. The van der Waals surface area contributed by atoms with E-state index in [0.717, 1.165) is 23.1 Å². The van der Waals surface area contributed by atoms with Crippen LogP contribution >= 0.6 is 27.3 Å². The fourth-order valence-electron chi connectivity index (χ4n) is 2.17. The summed E-state index contributed by atoms with van der Waals surface area (Å²) in [5, 5.41) is 2.12. The van der Waals surface area contributed by atoms with Crippen LogP contribution in [0, 0.1) is 5.92 Å². The summed E-state index contributed by atoms with van der Waals surface area (Å²) in [5.74, 6) is 1.40. The van der Waals surface area contributed by atoms with Gasteiger partial charge in [-0.1, -0.05) is 18.2 Å². The number of thiophene rings is 1. The Morgan fingerprint density at radius 3 is 2.74 bits per heavy atom. The quantitative estimate of drug-likeness (QED) is 0.866. The van der Waals surface area contributed by atoms with Crippen molar-refractivity contribution < 1.29 is 4.74 Å². The first kappa shape index (κ1) is 14.6. The molecule has 2 N–H and O–H groups in total. The Labute approximate surface area is 126 Å². The first-order chi connectivity index (χ1) is 9.22. The maximum Gasteiger partial charge on any atom is 0.122 e. The van der Waals surface area contributed by atoms with E-state index in [1.54, 1.807) is 18.4 Å². The minimum absolute atomic E-state index is 0.446. The molecule has 0 saturated heterocycles. The number of para-hydroxylation sites is 1. The molecular formula is C15H18BrNOS. The number of hydrogen-bond donors (Lipinski definition) is 1. The Bertz CT molecular complexity index is 526. The van der Waals surface area contributed by atoms with E-state index in [1.165, 1.54) is 10.4 Å². The van der Waals surface area contributed by atoms with Crippen LogP contribution in [0.3, 0.4) is 0 Å². The van der Waals surface area contributed by atoms with Gasteiger partial charge in [-0.3, -0.25) is 0 Å². The molecule has 102 valence electrons. The van der Waals surface area contributed by atoms with Crippen molar-refractivity contribution in [3.05, 3.63) is 50.6 Å². The third-order valence-electron chi connectivity index (χ3n) is 3.15. The van der Waals surface area contributed by atoms with Crippen LogP contribution in [0.2, 0.25) is 0 Å². The SMILES string of the molecule is COc1ccccc1CC(CN)Cc1cc(Br)cs1. The van der Waals surface area contributed by atoms with E-state index >= 15 is 0 Å². The fourth-order valence-corrected chi connectivity index (χ4v) is 3.73. The number of hydrogen-bond acceptors (Lipinski definition) is 3. The number of nitrogens with two attached hydrogens (primary N) is 1. The Hall–Kier alpha value is -0.840. The van der Waals surface area contributed by atoms with Gasteiger partial charge in [0, 0.05) is 14.7 Å². The van der Waals surface area contributed by atoms with Crippen LogP contribution in [-0.4, -0.2) is 13.7 Å². The maximum absolute atomic E-state index is 5.92. The summed E-state index contributed by atoms with van der Waals surface area (Å²) in [6.07, 6.45) is 1.97. The Morgan fingerprint density at radius 2 is 2.11 bits per heavy atom. The first-order valence-electron chi connectivity index (χ1n) is 6.27. The molecule has 0 radical (unpaired) electrons. The van der Waals surface area contributed by atoms with Gasteiger partial charge in [-0.15, -0.1) is 11.3 Å². The van der Waals surface area contributed by atoms with Gasteiger partial charge >= 0.3 is 0 Å². The molecule has 0 fully saturated rings. The number of benzene rings is 1. The normalized spacial score (nSPS) is 12.4. The molecule has 19 heavy (non-hydrogen) atoms.